The molecule has 0 unspecified atom stereocenters. The lowest BCUT2D eigenvalue weighted by molar-refractivity contribution is -0.151. The standard InChI is InChI=1S/C20H25N3O5S/c1-13(2)19(25)28-12-22-10-6-14-15(18(22)24)4-3-5-16(14)29(26,27)23-11-7-17(21)20(23)8-9-20/h3-6,10,13,17H,7-9,11-12,21H2,1-2H3/t17-/m0/s1. The predicted octanol–water partition coefficient (Wildman–Crippen LogP) is 1.41. The number of pyridine rings is 1. The fourth-order valence-corrected chi connectivity index (χ4v) is 6.16. The van der Waals surface area contributed by atoms with E-state index in [2.05, 4.69) is 0 Å². The Kier molecular flexibility index (Phi) is 4.79. The third kappa shape index (κ3) is 3.17. The monoisotopic (exact) mass is 419 g/mol. The van der Waals surface area contributed by atoms with E-state index in [0.717, 1.165) is 12.8 Å². The average Bonchev–Trinajstić information content (AvgIpc) is 3.41. The number of rotatable bonds is 5. The number of hydrogen-bond donors (Lipinski definition) is 1. The van der Waals surface area contributed by atoms with E-state index in [4.69, 9.17) is 10.5 Å². The maximum Gasteiger partial charge on any atom is 0.310 e. The van der Waals surface area contributed by atoms with Gasteiger partial charge in [-0.25, -0.2) is 8.42 Å². The first-order valence-corrected chi connectivity index (χ1v) is 11.2. The smallest absolute Gasteiger partial charge is 0.310 e. The Labute approximate surface area is 169 Å². The molecule has 0 radical (unpaired) electrons. The molecule has 2 N–H and O–H groups in total. The lowest BCUT2D eigenvalue weighted by Crippen LogP contribution is -2.44. The summed E-state index contributed by atoms with van der Waals surface area (Å²) in [5, 5.41) is 0.628. The number of carbonyl (C=O) groups excluding carboxylic acids is 1. The molecule has 1 saturated carbocycles. The van der Waals surface area contributed by atoms with Gasteiger partial charge in [0.1, 0.15) is 0 Å². The number of aromatic nitrogens is 1. The van der Waals surface area contributed by atoms with Crippen molar-refractivity contribution in [2.45, 2.75) is 56.3 Å². The van der Waals surface area contributed by atoms with Crippen molar-refractivity contribution in [3.8, 4) is 0 Å². The molecule has 0 amide bonds. The van der Waals surface area contributed by atoms with Gasteiger partial charge < -0.3 is 10.5 Å². The van der Waals surface area contributed by atoms with Gasteiger partial charge in [-0.15, -0.1) is 0 Å². The maximum atomic E-state index is 13.4. The van der Waals surface area contributed by atoms with Crippen LogP contribution in [0, 0.1) is 5.92 Å². The summed E-state index contributed by atoms with van der Waals surface area (Å²) >= 11 is 0. The molecule has 2 aliphatic rings. The summed E-state index contributed by atoms with van der Waals surface area (Å²) in [5.41, 5.74) is 5.30. The molecule has 29 heavy (non-hydrogen) atoms. The normalized spacial score (nSPS) is 21.2. The van der Waals surface area contributed by atoms with Crippen LogP contribution in [0.1, 0.15) is 33.1 Å². The Morgan fingerprint density at radius 2 is 2.00 bits per heavy atom. The molecule has 1 aromatic carbocycles. The Hall–Kier alpha value is -2.23. The van der Waals surface area contributed by atoms with E-state index >= 15 is 0 Å². The highest BCUT2D eigenvalue weighted by Gasteiger charge is 2.60. The average molecular weight is 420 g/mol. The molecule has 4 rings (SSSR count). The highest BCUT2D eigenvalue weighted by molar-refractivity contribution is 7.89. The van der Waals surface area contributed by atoms with E-state index in [-0.39, 0.29) is 29.0 Å². The lowest BCUT2D eigenvalue weighted by atomic mass is 10.1. The second-order valence-corrected chi connectivity index (χ2v) is 9.96. The summed E-state index contributed by atoms with van der Waals surface area (Å²) < 4.78 is 34.8. The quantitative estimate of drug-likeness (QED) is 0.734. The van der Waals surface area contributed by atoms with Crippen molar-refractivity contribution in [3.05, 3.63) is 40.8 Å². The molecule has 2 fully saturated rings. The second kappa shape index (κ2) is 6.93. The SMILES string of the molecule is CC(C)C(=O)OCn1ccc2c(S(=O)(=O)N3CC[C@H](N)C34CC4)cccc2c1=O. The van der Waals surface area contributed by atoms with Gasteiger partial charge in [0.05, 0.1) is 16.4 Å². The van der Waals surface area contributed by atoms with Crippen molar-refractivity contribution < 1.29 is 17.9 Å². The van der Waals surface area contributed by atoms with Crippen molar-refractivity contribution in [2.75, 3.05) is 6.54 Å². The molecule has 1 atom stereocenters. The van der Waals surface area contributed by atoms with Crippen molar-refractivity contribution in [3.63, 3.8) is 0 Å². The second-order valence-electron chi connectivity index (χ2n) is 8.13. The van der Waals surface area contributed by atoms with E-state index < -0.39 is 27.1 Å². The van der Waals surface area contributed by atoms with Crippen LogP contribution in [0.15, 0.2) is 40.2 Å². The maximum absolute atomic E-state index is 13.4. The van der Waals surface area contributed by atoms with Crippen LogP contribution in [-0.4, -0.2) is 41.4 Å². The van der Waals surface area contributed by atoms with Gasteiger partial charge in [0.15, 0.2) is 6.73 Å². The molecule has 1 aliphatic carbocycles. The first-order chi connectivity index (χ1) is 13.7. The fourth-order valence-electron chi connectivity index (χ4n) is 4.07. The number of fused-ring (bicyclic) bond motifs is 1. The van der Waals surface area contributed by atoms with Crippen molar-refractivity contribution in [1.82, 2.24) is 8.87 Å². The van der Waals surface area contributed by atoms with Crippen LogP contribution in [0.5, 0.6) is 0 Å². The molecule has 1 spiro atoms. The number of sulfonamides is 1. The van der Waals surface area contributed by atoms with E-state index in [9.17, 15) is 18.0 Å². The number of esters is 1. The predicted molar refractivity (Wildman–Crippen MR) is 108 cm³/mol. The first-order valence-electron chi connectivity index (χ1n) is 9.76. The molecular weight excluding hydrogens is 394 g/mol. The molecule has 1 aliphatic heterocycles. The number of nitrogens with two attached hydrogens (primary N) is 1. The third-order valence-corrected chi connectivity index (χ3v) is 7.99. The molecule has 8 nitrogen and oxygen atoms in total. The van der Waals surface area contributed by atoms with Crippen molar-refractivity contribution >= 4 is 26.8 Å². The molecule has 2 heterocycles. The van der Waals surface area contributed by atoms with Crippen LogP contribution in [0.3, 0.4) is 0 Å². The number of benzene rings is 1. The van der Waals surface area contributed by atoms with Gasteiger partial charge in [0, 0.05) is 29.6 Å². The van der Waals surface area contributed by atoms with Crippen molar-refractivity contribution in [1.29, 1.82) is 0 Å². The number of hydrogen-bond acceptors (Lipinski definition) is 6. The van der Waals surface area contributed by atoms with Gasteiger partial charge in [-0.05, 0) is 37.5 Å². The van der Waals surface area contributed by atoms with Gasteiger partial charge in [-0.2, -0.15) is 4.31 Å². The Balaban J connectivity index is 1.73. The summed E-state index contributed by atoms with van der Waals surface area (Å²) in [6.07, 6.45) is 3.64. The lowest BCUT2D eigenvalue weighted by Gasteiger charge is -2.26. The minimum Gasteiger partial charge on any atom is -0.444 e. The van der Waals surface area contributed by atoms with Crippen molar-refractivity contribution in [2.24, 2.45) is 11.7 Å². The summed E-state index contributed by atoms with van der Waals surface area (Å²) in [5.74, 6) is -0.710. The zero-order valence-electron chi connectivity index (χ0n) is 16.5. The van der Waals surface area contributed by atoms with Crippen LogP contribution in [0.2, 0.25) is 0 Å². The molecular formula is C20H25N3O5S. The molecule has 1 saturated heterocycles. The van der Waals surface area contributed by atoms with E-state index in [1.807, 2.05) is 0 Å². The van der Waals surface area contributed by atoms with Gasteiger partial charge in [-0.1, -0.05) is 19.9 Å². The first kappa shape index (κ1) is 20.1. The molecule has 0 bridgehead atoms. The summed E-state index contributed by atoms with van der Waals surface area (Å²) in [4.78, 5) is 24.6. The fraction of sp³-hybridized carbons (Fsp3) is 0.500. The number of ether oxygens (including phenoxy) is 1. The Bertz CT molecular complexity index is 1130. The minimum atomic E-state index is -3.79. The van der Waals surface area contributed by atoms with Gasteiger partial charge in [-0.3, -0.25) is 14.2 Å². The van der Waals surface area contributed by atoms with Gasteiger partial charge in [0.25, 0.3) is 5.56 Å². The van der Waals surface area contributed by atoms with Crippen LogP contribution < -0.4 is 11.3 Å². The van der Waals surface area contributed by atoms with Crippen LogP contribution in [0.25, 0.3) is 10.8 Å². The van der Waals surface area contributed by atoms with Gasteiger partial charge >= 0.3 is 5.97 Å². The zero-order valence-corrected chi connectivity index (χ0v) is 17.3. The van der Waals surface area contributed by atoms with Crippen LogP contribution in [-0.2, 0) is 26.3 Å². The molecule has 2 aromatic rings. The van der Waals surface area contributed by atoms with E-state index in [0.29, 0.717) is 18.4 Å². The molecule has 9 heteroatoms. The molecule has 156 valence electrons. The highest BCUT2D eigenvalue weighted by atomic mass is 32.2. The van der Waals surface area contributed by atoms with Gasteiger partial charge in [0.2, 0.25) is 10.0 Å². The van der Waals surface area contributed by atoms with E-state index in [1.54, 1.807) is 32.0 Å². The Morgan fingerprint density at radius 1 is 1.28 bits per heavy atom. The van der Waals surface area contributed by atoms with Crippen LogP contribution >= 0.6 is 0 Å². The number of nitrogens with zero attached hydrogens (tertiary/aromatic N) is 2. The zero-order chi connectivity index (χ0) is 21.0. The highest BCUT2D eigenvalue weighted by Crippen LogP contribution is 2.51. The van der Waals surface area contributed by atoms with E-state index in [1.165, 1.54) is 21.1 Å². The molecule has 1 aromatic heterocycles. The third-order valence-electron chi connectivity index (χ3n) is 5.96. The van der Waals surface area contributed by atoms with Crippen LogP contribution in [0.4, 0.5) is 0 Å². The summed E-state index contributed by atoms with van der Waals surface area (Å²) in [6, 6.07) is 6.11. The number of carbonyl (C=O) groups is 1. The topological polar surface area (TPSA) is 112 Å². The Morgan fingerprint density at radius 3 is 2.66 bits per heavy atom. The minimum absolute atomic E-state index is 0.110. The summed E-state index contributed by atoms with van der Waals surface area (Å²) in [7, 11) is -3.79. The largest absolute Gasteiger partial charge is 0.444 e. The summed E-state index contributed by atoms with van der Waals surface area (Å²) in [6.45, 7) is 3.59.